The zero-order valence-electron chi connectivity index (χ0n) is 45.8. The lowest BCUT2D eigenvalue weighted by molar-refractivity contribution is -0.167. The highest BCUT2D eigenvalue weighted by atomic mass is 16.6. The Hall–Kier alpha value is -3.67. The molecule has 0 bridgehead atoms. The van der Waals surface area contributed by atoms with Gasteiger partial charge in [-0.25, -0.2) is 0 Å². The quantitative estimate of drug-likeness (QED) is 0.0262. The number of carbonyl (C=O) groups is 3. The van der Waals surface area contributed by atoms with Crippen LogP contribution in [0.2, 0.25) is 0 Å². The lowest BCUT2D eigenvalue weighted by Gasteiger charge is -2.18. The van der Waals surface area contributed by atoms with Crippen LogP contribution < -0.4 is 0 Å². The molecule has 0 aromatic carbocycles. The van der Waals surface area contributed by atoms with Gasteiger partial charge >= 0.3 is 17.9 Å². The molecule has 6 heteroatoms. The van der Waals surface area contributed by atoms with Gasteiger partial charge < -0.3 is 14.2 Å². The van der Waals surface area contributed by atoms with Gasteiger partial charge in [-0.15, -0.1) is 0 Å². The second kappa shape index (κ2) is 57.9. The molecule has 0 N–H and O–H groups in total. The number of ether oxygens (including phenoxy) is 3. The Balaban J connectivity index is 4.33. The van der Waals surface area contributed by atoms with Gasteiger partial charge in [-0.3, -0.25) is 14.4 Å². The van der Waals surface area contributed by atoms with Gasteiger partial charge in [0.1, 0.15) is 13.2 Å². The summed E-state index contributed by atoms with van der Waals surface area (Å²) in [5.41, 5.74) is 0. The molecule has 0 aromatic heterocycles. The maximum Gasteiger partial charge on any atom is 0.306 e. The highest BCUT2D eigenvalue weighted by molar-refractivity contribution is 5.71. The maximum absolute atomic E-state index is 12.8. The normalized spacial score (nSPS) is 12.8. The van der Waals surface area contributed by atoms with E-state index in [0.29, 0.717) is 19.3 Å². The first-order valence-electron chi connectivity index (χ1n) is 29.2. The Morgan fingerprint density at radius 1 is 0.300 bits per heavy atom. The highest BCUT2D eigenvalue weighted by Gasteiger charge is 2.19. The average molecular weight is 974 g/mol. The van der Waals surface area contributed by atoms with Crippen molar-refractivity contribution in [2.75, 3.05) is 13.2 Å². The molecular formula is C64H108O6. The molecule has 0 aliphatic heterocycles. The van der Waals surface area contributed by atoms with E-state index in [1.165, 1.54) is 103 Å². The summed E-state index contributed by atoms with van der Waals surface area (Å²) in [5, 5.41) is 0. The zero-order chi connectivity index (χ0) is 50.7. The molecule has 0 radical (unpaired) electrons. The average Bonchev–Trinajstić information content (AvgIpc) is 3.36. The van der Waals surface area contributed by atoms with Gasteiger partial charge in [0.05, 0.1) is 0 Å². The van der Waals surface area contributed by atoms with Crippen molar-refractivity contribution in [2.24, 2.45) is 0 Å². The lowest BCUT2D eigenvalue weighted by Crippen LogP contribution is -2.30. The van der Waals surface area contributed by atoms with Gasteiger partial charge in [0.15, 0.2) is 6.10 Å². The Labute approximate surface area is 432 Å². The highest BCUT2D eigenvalue weighted by Crippen LogP contribution is 2.15. The van der Waals surface area contributed by atoms with Crippen LogP contribution in [-0.2, 0) is 28.6 Å². The molecule has 0 fully saturated rings. The van der Waals surface area contributed by atoms with Crippen molar-refractivity contribution in [1.82, 2.24) is 0 Å². The zero-order valence-corrected chi connectivity index (χ0v) is 45.8. The van der Waals surface area contributed by atoms with Crippen molar-refractivity contribution in [3.05, 3.63) is 97.2 Å². The minimum atomic E-state index is -0.790. The summed E-state index contributed by atoms with van der Waals surface area (Å²) in [6, 6.07) is 0. The molecule has 1 atom stereocenters. The second-order valence-corrected chi connectivity index (χ2v) is 19.2. The van der Waals surface area contributed by atoms with E-state index < -0.39 is 6.10 Å². The summed E-state index contributed by atoms with van der Waals surface area (Å²) in [4.78, 5) is 38.1. The Morgan fingerprint density at radius 3 is 0.943 bits per heavy atom. The summed E-state index contributed by atoms with van der Waals surface area (Å²) in [6.45, 7) is 6.44. The first-order chi connectivity index (χ1) is 34.5. The molecule has 0 rings (SSSR count). The molecule has 70 heavy (non-hydrogen) atoms. The minimum Gasteiger partial charge on any atom is -0.462 e. The van der Waals surface area contributed by atoms with Crippen LogP contribution >= 0.6 is 0 Å². The summed E-state index contributed by atoms with van der Waals surface area (Å²) < 4.78 is 16.8. The SMILES string of the molecule is CC/C=C\C/C=C\C/C=C\C/C=C\C/C=C\C/C=C\CCCCCCCCC(=O)OCC(COC(=O)CCCCCCC/C=C\CCC)OC(=O)CCCCCCCCC/C=C\CCCCCCCC. The molecule has 0 heterocycles. The number of hydrogen-bond donors (Lipinski definition) is 0. The second-order valence-electron chi connectivity index (χ2n) is 19.2. The van der Waals surface area contributed by atoms with Gasteiger partial charge in [0, 0.05) is 19.3 Å². The van der Waals surface area contributed by atoms with Crippen LogP contribution in [0.4, 0.5) is 0 Å². The third-order valence-electron chi connectivity index (χ3n) is 12.3. The molecule has 0 aromatic rings. The topological polar surface area (TPSA) is 78.9 Å². The van der Waals surface area contributed by atoms with E-state index in [1.807, 2.05) is 0 Å². The largest absolute Gasteiger partial charge is 0.462 e. The molecule has 6 nitrogen and oxygen atoms in total. The van der Waals surface area contributed by atoms with Gasteiger partial charge in [0.2, 0.25) is 0 Å². The van der Waals surface area contributed by atoms with Crippen LogP contribution in [0, 0.1) is 0 Å². The van der Waals surface area contributed by atoms with E-state index in [2.05, 4.69) is 118 Å². The fourth-order valence-electron chi connectivity index (χ4n) is 7.91. The summed E-state index contributed by atoms with van der Waals surface area (Å²) in [6.07, 6.45) is 76.9. The van der Waals surface area contributed by atoms with E-state index in [1.54, 1.807) is 0 Å². The molecular weight excluding hydrogens is 865 g/mol. The van der Waals surface area contributed by atoms with Crippen LogP contribution in [0.5, 0.6) is 0 Å². The molecule has 0 saturated carbocycles. The van der Waals surface area contributed by atoms with E-state index >= 15 is 0 Å². The number of allylic oxidation sites excluding steroid dienone is 16. The summed E-state index contributed by atoms with van der Waals surface area (Å²) in [5.74, 6) is -0.915. The van der Waals surface area contributed by atoms with E-state index in [9.17, 15) is 14.4 Å². The molecule has 1 unspecified atom stereocenters. The van der Waals surface area contributed by atoms with Crippen molar-refractivity contribution >= 4 is 17.9 Å². The molecule has 0 saturated heterocycles. The number of unbranched alkanes of at least 4 members (excludes halogenated alkanes) is 25. The van der Waals surface area contributed by atoms with E-state index in [-0.39, 0.29) is 31.1 Å². The van der Waals surface area contributed by atoms with Crippen molar-refractivity contribution < 1.29 is 28.6 Å². The Bertz CT molecular complexity index is 1400. The number of hydrogen-bond acceptors (Lipinski definition) is 6. The van der Waals surface area contributed by atoms with Crippen LogP contribution in [0.3, 0.4) is 0 Å². The molecule has 0 spiro atoms. The van der Waals surface area contributed by atoms with Crippen molar-refractivity contribution in [3.63, 3.8) is 0 Å². The van der Waals surface area contributed by atoms with Gasteiger partial charge in [-0.1, -0.05) is 234 Å². The smallest absolute Gasteiger partial charge is 0.306 e. The standard InChI is InChI=1S/C64H108O6/c1-4-7-10-13-16-19-22-24-26-28-29-30-31-32-33-34-35-37-38-40-42-45-48-51-54-57-63(66)69-60-61(59-68-62(65)56-53-50-47-44-21-18-15-12-9-6-3)70-64(67)58-55-52-49-46-43-41-39-36-27-25-23-20-17-14-11-8-5-2/h7,10,12,15-16,19,24-27,29-30,32-33,35,37,61H,4-6,8-9,11,13-14,17-18,20-23,28,31,34,36,38-60H2,1-3H3/b10-7-,15-12-,19-16-,26-24-,27-25-,30-29-,33-32-,37-35-. The number of carbonyl (C=O) groups excluding carboxylic acids is 3. The monoisotopic (exact) mass is 973 g/mol. The molecule has 0 aliphatic carbocycles. The molecule has 0 aliphatic rings. The summed E-state index contributed by atoms with van der Waals surface area (Å²) >= 11 is 0. The van der Waals surface area contributed by atoms with Crippen LogP contribution in [0.1, 0.15) is 271 Å². The van der Waals surface area contributed by atoms with Gasteiger partial charge in [-0.2, -0.15) is 0 Å². The van der Waals surface area contributed by atoms with Crippen molar-refractivity contribution in [3.8, 4) is 0 Å². The number of rotatable bonds is 52. The predicted molar refractivity (Wildman–Crippen MR) is 302 cm³/mol. The first-order valence-corrected chi connectivity index (χ1v) is 29.2. The third kappa shape index (κ3) is 55.3. The van der Waals surface area contributed by atoms with Gasteiger partial charge in [-0.05, 0) is 116 Å². The van der Waals surface area contributed by atoms with E-state index in [4.69, 9.17) is 14.2 Å². The maximum atomic E-state index is 12.8. The fourth-order valence-corrected chi connectivity index (χ4v) is 7.91. The number of esters is 3. The van der Waals surface area contributed by atoms with Crippen molar-refractivity contribution in [1.29, 1.82) is 0 Å². The van der Waals surface area contributed by atoms with Crippen LogP contribution in [-0.4, -0.2) is 37.2 Å². The Kier molecular flexibility index (Phi) is 54.9. The van der Waals surface area contributed by atoms with Gasteiger partial charge in [0.25, 0.3) is 0 Å². The fraction of sp³-hybridized carbons (Fsp3) is 0.703. The summed E-state index contributed by atoms with van der Waals surface area (Å²) in [7, 11) is 0. The molecule has 0 amide bonds. The predicted octanol–water partition coefficient (Wildman–Crippen LogP) is 19.7. The van der Waals surface area contributed by atoms with Crippen LogP contribution in [0.15, 0.2) is 97.2 Å². The van der Waals surface area contributed by atoms with Crippen molar-refractivity contribution in [2.45, 2.75) is 277 Å². The third-order valence-corrected chi connectivity index (χ3v) is 12.3. The minimum absolute atomic E-state index is 0.0885. The van der Waals surface area contributed by atoms with E-state index in [0.717, 1.165) is 128 Å². The molecule has 400 valence electrons. The lowest BCUT2D eigenvalue weighted by atomic mass is 10.1. The Morgan fingerprint density at radius 2 is 0.586 bits per heavy atom. The first kappa shape index (κ1) is 66.3. The van der Waals surface area contributed by atoms with Crippen LogP contribution in [0.25, 0.3) is 0 Å².